The molecule has 8 nitrogen and oxygen atoms in total. The van der Waals surface area contributed by atoms with E-state index in [-0.39, 0.29) is 45.1 Å². The van der Waals surface area contributed by atoms with Crippen molar-refractivity contribution < 1.29 is 36.3 Å². The summed E-state index contributed by atoms with van der Waals surface area (Å²) in [5, 5.41) is 10.7. The Labute approximate surface area is 159 Å². The van der Waals surface area contributed by atoms with Crippen molar-refractivity contribution in [3.8, 4) is 0 Å². The third-order valence-electron chi connectivity index (χ3n) is 3.75. The molecule has 27 heavy (non-hydrogen) atoms. The van der Waals surface area contributed by atoms with E-state index in [4.69, 9.17) is 5.11 Å². The lowest BCUT2D eigenvalue weighted by Gasteiger charge is -2.33. The van der Waals surface area contributed by atoms with Gasteiger partial charge in [-0.2, -0.15) is 4.31 Å². The zero-order valence-corrected chi connectivity index (χ0v) is 15.5. The summed E-state index contributed by atoms with van der Waals surface area (Å²) in [5.41, 5.74) is 0. The lowest BCUT2D eigenvalue weighted by molar-refractivity contribution is -0.138. The van der Waals surface area contributed by atoms with E-state index in [0.29, 0.717) is 12.1 Å². The van der Waals surface area contributed by atoms with Crippen LogP contribution < -0.4 is 5.32 Å². The second-order valence-electron chi connectivity index (χ2n) is 5.52. The molecule has 1 aliphatic heterocycles. The first-order valence-corrected chi connectivity index (χ1v) is 8.91. The third-order valence-corrected chi connectivity index (χ3v) is 5.67. The monoisotopic (exact) mass is 431 g/mol. The molecule has 0 saturated carbocycles. The number of hydrogen-bond donors (Lipinski definition) is 2. The van der Waals surface area contributed by atoms with Crippen molar-refractivity contribution in [1.82, 2.24) is 14.5 Å². The van der Waals surface area contributed by atoms with Gasteiger partial charge in [0.1, 0.15) is 11.4 Å². The van der Waals surface area contributed by atoms with E-state index in [9.17, 15) is 31.2 Å². The zero-order valence-electron chi connectivity index (χ0n) is 13.8. The quantitative estimate of drug-likeness (QED) is 0.616. The molecular weight excluding hydrogens is 415 g/mol. The Hall–Kier alpha value is -1.89. The van der Waals surface area contributed by atoms with E-state index in [1.807, 2.05) is 0 Å². The number of benzene rings is 1. The molecular formula is C14H17ClF3N3O5S. The van der Waals surface area contributed by atoms with Gasteiger partial charge in [-0.15, -0.1) is 12.4 Å². The van der Waals surface area contributed by atoms with Gasteiger partial charge in [0.25, 0.3) is 0 Å². The van der Waals surface area contributed by atoms with E-state index in [1.54, 1.807) is 4.90 Å². The maximum atomic E-state index is 13.8. The number of carbonyl (C=O) groups excluding carboxylic acids is 1. The standard InChI is InChI=1S/C14H16F3N3O5S.ClH/c15-9-1-2-10(14(17)13(9)16)26(24,25)20-5-3-19(4-6-20)8-11(21)18-7-12(22)23;/h1-2H,3-8H2,(H,18,21)(H,22,23);1H. The van der Waals surface area contributed by atoms with Crippen LogP contribution in [-0.2, 0) is 19.6 Å². The summed E-state index contributed by atoms with van der Waals surface area (Å²) in [5.74, 6) is -6.85. The van der Waals surface area contributed by atoms with Gasteiger partial charge in [0, 0.05) is 26.2 Å². The Morgan fingerprint density at radius 1 is 1.07 bits per heavy atom. The van der Waals surface area contributed by atoms with Crippen LogP contribution in [0.5, 0.6) is 0 Å². The van der Waals surface area contributed by atoms with Gasteiger partial charge in [-0.25, -0.2) is 21.6 Å². The number of carboxylic acids is 1. The van der Waals surface area contributed by atoms with Gasteiger partial charge in [-0.05, 0) is 12.1 Å². The first-order chi connectivity index (χ1) is 12.1. The lowest BCUT2D eigenvalue weighted by atomic mass is 10.3. The first-order valence-electron chi connectivity index (χ1n) is 7.47. The highest BCUT2D eigenvalue weighted by Gasteiger charge is 2.32. The lowest BCUT2D eigenvalue weighted by Crippen LogP contribution is -2.51. The summed E-state index contributed by atoms with van der Waals surface area (Å²) in [6.45, 7) is -0.570. The van der Waals surface area contributed by atoms with Crippen molar-refractivity contribution in [2.45, 2.75) is 4.90 Å². The van der Waals surface area contributed by atoms with Crippen molar-refractivity contribution in [3.05, 3.63) is 29.6 Å². The normalized spacial score (nSPS) is 15.8. The number of halogens is 4. The predicted octanol–water partition coefficient (Wildman–Crippen LogP) is 0.0328. The highest BCUT2D eigenvalue weighted by molar-refractivity contribution is 7.89. The van der Waals surface area contributed by atoms with Gasteiger partial charge < -0.3 is 10.4 Å². The summed E-state index contributed by atoms with van der Waals surface area (Å²) in [7, 11) is -4.36. The molecule has 0 unspecified atom stereocenters. The predicted molar refractivity (Wildman–Crippen MR) is 89.4 cm³/mol. The van der Waals surface area contributed by atoms with Gasteiger partial charge in [0.15, 0.2) is 17.5 Å². The van der Waals surface area contributed by atoms with Crippen molar-refractivity contribution in [2.24, 2.45) is 0 Å². The summed E-state index contributed by atoms with van der Waals surface area (Å²) in [4.78, 5) is 22.6. The van der Waals surface area contributed by atoms with Crippen LogP contribution in [0.25, 0.3) is 0 Å². The van der Waals surface area contributed by atoms with Crippen molar-refractivity contribution in [2.75, 3.05) is 39.3 Å². The van der Waals surface area contributed by atoms with Gasteiger partial charge in [-0.3, -0.25) is 14.5 Å². The van der Waals surface area contributed by atoms with Gasteiger partial charge in [0.05, 0.1) is 6.54 Å². The number of nitrogens with one attached hydrogen (secondary N) is 1. The fourth-order valence-electron chi connectivity index (χ4n) is 2.41. The van der Waals surface area contributed by atoms with E-state index in [1.165, 1.54) is 0 Å². The van der Waals surface area contributed by atoms with Crippen LogP contribution in [0.15, 0.2) is 17.0 Å². The maximum Gasteiger partial charge on any atom is 0.322 e. The number of carbonyl (C=O) groups is 2. The summed E-state index contributed by atoms with van der Waals surface area (Å²) < 4.78 is 65.8. The van der Waals surface area contributed by atoms with Gasteiger partial charge in [0.2, 0.25) is 15.9 Å². The Morgan fingerprint density at radius 2 is 1.67 bits per heavy atom. The topological polar surface area (TPSA) is 107 Å². The number of sulfonamides is 1. The van der Waals surface area contributed by atoms with Crippen molar-refractivity contribution >= 4 is 34.3 Å². The number of nitrogens with zero attached hydrogens (tertiary/aromatic N) is 2. The Bertz CT molecular complexity index is 816. The average Bonchev–Trinajstić information content (AvgIpc) is 2.58. The zero-order chi connectivity index (χ0) is 19.5. The Kier molecular flexibility index (Phi) is 8.02. The maximum absolute atomic E-state index is 13.8. The van der Waals surface area contributed by atoms with E-state index < -0.39 is 50.8 Å². The van der Waals surface area contributed by atoms with Crippen LogP contribution in [0, 0.1) is 17.5 Å². The highest BCUT2D eigenvalue weighted by Crippen LogP contribution is 2.23. The summed E-state index contributed by atoms with van der Waals surface area (Å²) >= 11 is 0. The molecule has 0 aliphatic carbocycles. The largest absolute Gasteiger partial charge is 0.480 e. The molecule has 2 N–H and O–H groups in total. The Balaban J connectivity index is 0.00000364. The molecule has 0 bridgehead atoms. The first kappa shape index (κ1) is 23.1. The molecule has 1 aliphatic rings. The van der Waals surface area contributed by atoms with Crippen LogP contribution in [0.3, 0.4) is 0 Å². The van der Waals surface area contributed by atoms with Crippen molar-refractivity contribution in [1.29, 1.82) is 0 Å². The van der Waals surface area contributed by atoms with Crippen LogP contribution >= 0.6 is 12.4 Å². The number of hydrogen-bond acceptors (Lipinski definition) is 5. The molecule has 0 atom stereocenters. The number of amides is 1. The molecule has 0 spiro atoms. The Morgan fingerprint density at radius 3 is 2.22 bits per heavy atom. The smallest absolute Gasteiger partial charge is 0.322 e. The summed E-state index contributed by atoms with van der Waals surface area (Å²) in [6.07, 6.45) is 0. The summed E-state index contributed by atoms with van der Waals surface area (Å²) in [6, 6.07) is 1.20. The molecule has 1 heterocycles. The molecule has 2 rings (SSSR count). The van der Waals surface area contributed by atoms with E-state index in [2.05, 4.69) is 5.32 Å². The number of aliphatic carboxylic acids is 1. The minimum atomic E-state index is -4.36. The number of piperazine rings is 1. The van der Waals surface area contributed by atoms with E-state index in [0.717, 1.165) is 4.31 Å². The molecule has 1 aromatic rings. The highest BCUT2D eigenvalue weighted by atomic mass is 35.5. The van der Waals surface area contributed by atoms with Crippen LogP contribution in [0.2, 0.25) is 0 Å². The second-order valence-corrected chi connectivity index (χ2v) is 7.43. The molecule has 152 valence electrons. The molecule has 0 aromatic heterocycles. The fourth-order valence-corrected chi connectivity index (χ4v) is 3.89. The van der Waals surface area contributed by atoms with Crippen LogP contribution in [0.4, 0.5) is 13.2 Å². The molecule has 0 radical (unpaired) electrons. The second kappa shape index (κ2) is 9.35. The van der Waals surface area contributed by atoms with Gasteiger partial charge >= 0.3 is 5.97 Å². The average molecular weight is 432 g/mol. The van der Waals surface area contributed by atoms with E-state index >= 15 is 0 Å². The number of carboxylic acid groups (broad SMARTS) is 1. The molecule has 1 amide bonds. The van der Waals surface area contributed by atoms with Crippen molar-refractivity contribution in [3.63, 3.8) is 0 Å². The minimum Gasteiger partial charge on any atom is -0.480 e. The minimum absolute atomic E-state index is 0. The molecule has 13 heteroatoms. The van der Waals surface area contributed by atoms with Gasteiger partial charge in [-0.1, -0.05) is 0 Å². The third kappa shape index (κ3) is 5.54. The molecule has 1 fully saturated rings. The number of rotatable bonds is 6. The fraction of sp³-hybridized carbons (Fsp3) is 0.429. The van der Waals surface area contributed by atoms with Crippen LogP contribution in [0.1, 0.15) is 0 Å². The van der Waals surface area contributed by atoms with Crippen LogP contribution in [-0.4, -0.2) is 73.9 Å². The molecule has 1 aromatic carbocycles. The molecule has 1 saturated heterocycles. The SMILES string of the molecule is Cl.O=C(O)CNC(=O)CN1CCN(S(=O)(=O)c2ccc(F)c(F)c2F)CC1.